The maximum atomic E-state index is 10.3. The predicted octanol–water partition coefficient (Wildman–Crippen LogP) is 4.23. The summed E-state index contributed by atoms with van der Waals surface area (Å²) in [6, 6.07) is 1.17. The lowest BCUT2D eigenvalue weighted by atomic mass is 9.83. The number of rotatable bonds is 6. The fraction of sp³-hybridized carbons (Fsp3) is 0.818. The molecule has 6 nitrogen and oxygen atoms in total. The third kappa shape index (κ3) is 6.61. The van der Waals surface area contributed by atoms with Crippen LogP contribution in [-0.4, -0.2) is 48.8 Å². The SMILES string of the molecule is O=C=NC1CCC(N=CC2CCC(C=NC3CCC(N=C=O)CC3)CC2)CC1. The first-order valence-electron chi connectivity index (χ1n) is 11.0. The molecule has 0 bridgehead atoms. The number of isocyanates is 2. The molecule has 0 saturated heterocycles. The van der Waals surface area contributed by atoms with Crippen molar-refractivity contribution >= 4 is 24.6 Å². The third-order valence-electron chi connectivity index (χ3n) is 6.63. The van der Waals surface area contributed by atoms with E-state index in [1.165, 1.54) is 25.7 Å². The molecule has 3 saturated carbocycles. The van der Waals surface area contributed by atoms with Gasteiger partial charge in [0.05, 0.1) is 12.1 Å². The van der Waals surface area contributed by atoms with Gasteiger partial charge in [0, 0.05) is 24.5 Å². The van der Waals surface area contributed by atoms with Gasteiger partial charge in [-0.2, -0.15) is 0 Å². The van der Waals surface area contributed by atoms with Gasteiger partial charge in [-0.15, -0.1) is 0 Å². The van der Waals surface area contributed by atoms with Gasteiger partial charge in [-0.05, 0) is 88.9 Å². The van der Waals surface area contributed by atoms with Crippen molar-refractivity contribution < 1.29 is 9.59 Å². The second-order valence-corrected chi connectivity index (χ2v) is 8.64. The van der Waals surface area contributed by atoms with Gasteiger partial charge in [-0.3, -0.25) is 9.98 Å². The predicted molar refractivity (Wildman–Crippen MR) is 111 cm³/mol. The molecule has 0 N–H and O–H groups in total. The van der Waals surface area contributed by atoms with Gasteiger partial charge in [0.15, 0.2) is 0 Å². The summed E-state index contributed by atoms with van der Waals surface area (Å²) in [6.45, 7) is 0. The van der Waals surface area contributed by atoms with Crippen LogP contribution in [0.1, 0.15) is 77.0 Å². The summed E-state index contributed by atoms with van der Waals surface area (Å²) < 4.78 is 0. The molecule has 0 aromatic rings. The summed E-state index contributed by atoms with van der Waals surface area (Å²) >= 11 is 0. The Morgan fingerprint density at radius 2 is 0.821 bits per heavy atom. The molecule has 3 rings (SSSR count). The monoisotopic (exact) mass is 384 g/mol. The van der Waals surface area contributed by atoms with Gasteiger partial charge in [0.1, 0.15) is 0 Å². The van der Waals surface area contributed by atoms with E-state index < -0.39 is 0 Å². The molecule has 0 atom stereocenters. The van der Waals surface area contributed by atoms with E-state index in [-0.39, 0.29) is 12.1 Å². The molecule has 0 unspecified atom stereocenters. The van der Waals surface area contributed by atoms with Crippen molar-refractivity contribution in [3.8, 4) is 0 Å². The van der Waals surface area contributed by atoms with Gasteiger partial charge >= 0.3 is 0 Å². The highest BCUT2D eigenvalue weighted by molar-refractivity contribution is 5.64. The number of nitrogens with zero attached hydrogens (tertiary/aromatic N) is 4. The minimum Gasteiger partial charge on any atom is -0.294 e. The van der Waals surface area contributed by atoms with E-state index in [4.69, 9.17) is 9.98 Å². The van der Waals surface area contributed by atoms with E-state index in [9.17, 15) is 9.59 Å². The zero-order valence-corrected chi connectivity index (χ0v) is 16.7. The molecule has 3 aliphatic carbocycles. The molecule has 0 aromatic carbocycles. The van der Waals surface area contributed by atoms with Crippen LogP contribution in [0.15, 0.2) is 20.0 Å². The summed E-state index contributed by atoms with van der Waals surface area (Å²) in [6.07, 6.45) is 20.6. The van der Waals surface area contributed by atoms with E-state index in [2.05, 4.69) is 22.4 Å². The van der Waals surface area contributed by atoms with Crippen LogP contribution in [0.25, 0.3) is 0 Å². The van der Waals surface area contributed by atoms with Crippen LogP contribution in [0, 0.1) is 11.8 Å². The normalized spacial score (nSPS) is 36.7. The second kappa shape index (κ2) is 11.2. The van der Waals surface area contributed by atoms with Crippen LogP contribution < -0.4 is 0 Å². The largest absolute Gasteiger partial charge is 0.294 e. The molecule has 3 aliphatic rings. The highest BCUT2D eigenvalue weighted by Crippen LogP contribution is 2.29. The Hall–Kier alpha value is -1.90. The average molecular weight is 385 g/mol. The van der Waals surface area contributed by atoms with E-state index >= 15 is 0 Å². The molecule has 0 aliphatic heterocycles. The fourth-order valence-corrected chi connectivity index (χ4v) is 4.75. The van der Waals surface area contributed by atoms with E-state index in [0.29, 0.717) is 23.9 Å². The van der Waals surface area contributed by atoms with Crippen molar-refractivity contribution in [1.29, 1.82) is 0 Å². The van der Waals surface area contributed by atoms with E-state index in [1.54, 1.807) is 12.2 Å². The first-order valence-corrected chi connectivity index (χ1v) is 11.0. The summed E-state index contributed by atoms with van der Waals surface area (Å²) in [5, 5.41) is 0. The number of carbonyl (C=O) groups excluding carboxylic acids is 2. The molecule has 0 spiro atoms. The number of hydrogen-bond donors (Lipinski definition) is 0. The van der Waals surface area contributed by atoms with Gasteiger partial charge in [0.2, 0.25) is 12.2 Å². The standard InChI is InChI=1S/C22H32N4O2/c27-15-25-21-9-5-19(6-10-21)23-13-17-1-2-18(4-3-17)14-24-20-7-11-22(12-8-20)26-16-28/h13-14,17-22H,1-12H2. The Morgan fingerprint density at radius 3 is 1.14 bits per heavy atom. The van der Waals surface area contributed by atoms with Crippen molar-refractivity contribution in [2.45, 2.75) is 101 Å². The molecule has 0 amide bonds. The quantitative estimate of drug-likeness (QED) is 0.507. The maximum Gasteiger partial charge on any atom is 0.235 e. The number of aliphatic imine (C=N–C) groups is 4. The minimum atomic E-state index is 0.173. The fourth-order valence-electron chi connectivity index (χ4n) is 4.75. The number of hydrogen-bond acceptors (Lipinski definition) is 6. The van der Waals surface area contributed by atoms with Crippen molar-refractivity contribution in [2.24, 2.45) is 31.8 Å². The average Bonchev–Trinajstić information content (AvgIpc) is 2.74. The third-order valence-corrected chi connectivity index (χ3v) is 6.63. The van der Waals surface area contributed by atoms with Crippen LogP contribution in [0.2, 0.25) is 0 Å². The lowest BCUT2D eigenvalue weighted by molar-refractivity contribution is 0.377. The second-order valence-electron chi connectivity index (χ2n) is 8.64. The van der Waals surface area contributed by atoms with Crippen LogP contribution in [-0.2, 0) is 9.59 Å². The molecular formula is C22H32N4O2. The summed E-state index contributed by atoms with van der Waals surface area (Å²) in [7, 11) is 0. The summed E-state index contributed by atoms with van der Waals surface area (Å²) in [4.78, 5) is 38.0. The lowest BCUT2D eigenvalue weighted by Gasteiger charge is -2.26. The molecule has 152 valence electrons. The van der Waals surface area contributed by atoms with Gasteiger partial charge < -0.3 is 0 Å². The Labute approximate surface area is 167 Å². The molecule has 28 heavy (non-hydrogen) atoms. The molecule has 0 heterocycles. The molecule has 0 radical (unpaired) electrons. The zero-order chi connectivity index (χ0) is 19.6. The Kier molecular flexibility index (Phi) is 8.32. The molecule has 0 aromatic heterocycles. The lowest BCUT2D eigenvalue weighted by Crippen LogP contribution is -2.22. The topological polar surface area (TPSA) is 83.6 Å². The van der Waals surface area contributed by atoms with Gasteiger partial charge in [-0.25, -0.2) is 19.6 Å². The Bertz CT molecular complexity index is 569. The molecule has 3 fully saturated rings. The van der Waals surface area contributed by atoms with Crippen LogP contribution >= 0.6 is 0 Å². The molecule has 6 heteroatoms. The Morgan fingerprint density at radius 1 is 0.500 bits per heavy atom. The van der Waals surface area contributed by atoms with E-state index in [0.717, 1.165) is 51.4 Å². The van der Waals surface area contributed by atoms with Crippen LogP contribution in [0.5, 0.6) is 0 Å². The highest BCUT2D eigenvalue weighted by atomic mass is 16.1. The minimum absolute atomic E-state index is 0.173. The summed E-state index contributed by atoms with van der Waals surface area (Å²) in [5.74, 6) is 1.21. The Balaban J connectivity index is 1.33. The van der Waals surface area contributed by atoms with Crippen molar-refractivity contribution in [3.63, 3.8) is 0 Å². The first kappa shape index (κ1) is 20.8. The van der Waals surface area contributed by atoms with Crippen molar-refractivity contribution in [3.05, 3.63) is 0 Å². The van der Waals surface area contributed by atoms with Crippen LogP contribution in [0.4, 0.5) is 0 Å². The van der Waals surface area contributed by atoms with E-state index in [1.807, 2.05) is 0 Å². The van der Waals surface area contributed by atoms with Crippen molar-refractivity contribution in [2.75, 3.05) is 0 Å². The maximum absolute atomic E-state index is 10.3. The zero-order valence-electron chi connectivity index (χ0n) is 16.7. The smallest absolute Gasteiger partial charge is 0.235 e. The van der Waals surface area contributed by atoms with Crippen LogP contribution in [0.3, 0.4) is 0 Å². The molecular weight excluding hydrogens is 352 g/mol. The first-order chi connectivity index (χ1) is 13.8. The van der Waals surface area contributed by atoms with Gasteiger partial charge in [-0.1, -0.05) is 0 Å². The van der Waals surface area contributed by atoms with Gasteiger partial charge in [0.25, 0.3) is 0 Å². The highest BCUT2D eigenvalue weighted by Gasteiger charge is 2.23. The summed E-state index contributed by atoms with van der Waals surface area (Å²) in [5.41, 5.74) is 0. The van der Waals surface area contributed by atoms with Crippen molar-refractivity contribution in [1.82, 2.24) is 0 Å².